The molecule has 0 aromatic heterocycles. The van der Waals surface area contributed by atoms with Gasteiger partial charge >= 0.3 is 0 Å². The van der Waals surface area contributed by atoms with Gasteiger partial charge < -0.3 is 29.7 Å². The molecule has 0 spiro atoms. The van der Waals surface area contributed by atoms with Crippen LogP contribution in [0.5, 0.6) is 11.5 Å². The molecule has 2 fully saturated rings. The lowest BCUT2D eigenvalue weighted by Crippen LogP contribution is -2.40. The maximum absolute atomic E-state index is 13.2. The minimum Gasteiger partial charge on any atom is -0.493 e. The zero-order valence-electron chi connectivity index (χ0n) is 21.5. The molecule has 1 amide bonds. The Morgan fingerprint density at radius 1 is 0.973 bits per heavy atom. The standard InChI is InChI=1S/C26H36N4O6S/c1-34-24-8-5-20(17-25(24)35-2)9-10-27-19-26(31)28-22-18-21(6-7-23(22)29-11-3-4-12-29)37(32,33)30-13-15-36-16-14-30/h5-8,17-18,27H,3-4,9-16,19H2,1-2H3,(H,28,31). The third-order valence-corrected chi connectivity index (χ3v) is 8.52. The summed E-state index contributed by atoms with van der Waals surface area (Å²) >= 11 is 0. The molecule has 4 rings (SSSR count). The smallest absolute Gasteiger partial charge is 0.243 e. The van der Waals surface area contributed by atoms with E-state index in [1.54, 1.807) is 32.4 Å². The van der Waals surface area contributed by atoms with Gasteiger partial charge in [-0.15, -0.1) is 0 Å². The van der Waals surface area contributed by atoms with E-state index in [2.05, 4.69) is 15.5 Å². The van der Waals surface area contributed by atoms with E-state index in [1.165, 1.54) is 4.31 Å². The largest absolute Gasteiger partial charge is 0.493 e. The summed E-state index contributed by atoms with van der Waals surface area (Å²) in [5.41, 5.74) is 2.42. The van der Waals surface area contributed by atoms with Crippen LogP contribution in [-0.4, -0.2) is 85.3 Å². The van der Waals surface area contributed by atoms with Crippen molar-refractivity contribution in [1.82, 2.24) is 9.62 Å². The number of amides is 1. The Kier molecular flexibility index (Phi) is 9.25. The average Bonchev–Trinajstić information content (AvgIpc) is 3.46. The van der Waals surface area contributed by atoms with Crippen molar-refractivity contribution in [3.05, 3.63) is 42.0 Å². The molecule has 0 bridgehead atoms. The van der Waals surface area contributed by atoms with Gasteiger partial charge in [0.2, 0.25) is 15.9 Å². The number of nitrogens with one attached hydrogen (secondary N) is 2. The average molecular weight is 533 g/mol. The molecule has 2 aromatic carbocycles. The fourth-order valence-electron chi connectivity index (χ4n) is 4.61. The molecule has 2 N–H and O–H groups in total. The molecular weight excluding hydrogens is 496 g/mol. The summed E-state index contributed by atoms with van der Waals surface area (Å²) in [6.45, 7) is 3.85. The van der Waals surface area contributed by atoms with Crippen LogP contribution in [0, 0.1) is 0 Å². The zero-order valence-corrected chi connectivity index (χ0v) is 22.3. The minimum absolute atomic E-state index is 0.104. The number of carbonyl (C=O) groups excluding carboxylic acids is 1. The van der Waals surface area contributed by atoms with E-state index in [0.717, 1.165) is 37.2 Å². The van der Waals surface area contributed by atoms with Crippen molar-refractivity contribution in [1.29, 1.82) is 0 Å². The lowest BCUT2D eigenvalue weighted by Gasteiger charge is -2.27. The first-order chi connectivity index (χ1) is 17.9. The molecule has 2 aromatic rings. The molecular formula is C26H36N4O6S. The maximum atomic E-state index is 13.2. The fraction of sp³-hybridized carbons (Fsp3) is 0.500. The lowest BCUT2D eigenvalue weighted by molar-refractivity contribution is -0.115. The van der Waals surface area contributed by atoms with Crippen LogP contribution in [0.15, 0.2) is 41.3 Å². The van der Waals surface area contributed by atoms with Gasteiger partial charge in [-0.1, -0.05) is 6.07 Å². The van der Waals surface area contributed by atoms with E-state index in [1.807, 2.05) is 18.2 Å². The number of sulfonamides is 1. The van der Waals surface area contributed by atoms with Gasteiger partial charge in [-0.3, -0.25) is 4.79 Å². The fourth-order valence-corrected chi connectivity index (χ4v) is 6.05. The van der Waals surface area contributed by atoms with Gasteiger partial charge in [0.15, 0.2) is 11.5 Å². The van der Waals surface area contributed by atoms with Gasteiger partial charge in [0.25, 0.3) is 0 Å². The van der Waals surface area contributed by atoms with Crippen LogP contribution in [0.2, 0.25) is 0 Å². The monoisotopic (exact) mass is 532 g/mol. The summed E-state index contributed by atoms with van der Waals surface area (Å²) in [7, 11) is -0.477. The van der Waals surface area contributed by atoms with Crippen LogP contribution in [0.1, 0.15) is 18.4 Å². The van der Waals surface area contributed by atoms with Crippen molar-refractivity contribution in [2.75, 3.05) is 76.9 Å². The minimum atomic E-state index is -3.67. The highest BCUT2D eigenvalue weighted by atomic mass is 32.2. The number of nitrogens with zero attached hydrogens (tertiary/aromatic N) is 2. The Bertz CT molecular complexity index is 1180. The molecule has 0 radical (unpaired) electrons. The predicted octanol–water partition coefficient (Wildman–Crippen LogP) is 2.10. The molecule has 202 valence electrons. The van der Waals surface area contributed by atoms with Crippen molar-refractivity contribution >= 4 is 27.3 Å². The number of methoxy groups -OCH3 is 2. The van der Waals surface area contributed by atoms with Crippen molar-refractivity contribution in [3.63, 3.8) is 0 Å². The van der Waals surface area contributed by atoms with Gasteiger partial charge in [-0.25, -0.2) is 8.42 Å². The van der Waals surface area contributed by atoms with Gasteiger partial charge in [0, 0.05) is 26.2 Å². The number of carbonyl (C=O) groups is 1. The van der Waals surface area contributed by atoms with Crippen LogP contribution in [0.3, 0.4) is 0 Å². The van der Waals surface area contributed by atoms with Gasteiger partial charge in [-0.05, 0) is 61.7 Å². The molecule has 37 heavy (non-hydrogen) atoms. The summed E-state index contributed by atoms with van der Waals surface area (Å²) in [6.07, 6.45) is 2.85. The molecule has 11 heteroatoms. The van der Waals surface area contributed by atoms with Crippen LogP contribution in [0.25, 0.3) is 0 Å². The van der Waals surface area contributed by atoms with Crippen LogP contribution >= 0.6 is 0 Å². The number of hydrogen-bond donors (Lipinski definition) is 2. The second kappa shape index (κ2) is 12.6. The summed E-state index contributed by atoms with van der Waals surface area (Å²) in [6, 6.07) is 10.8. The molecule has 2 heterocycles. The van der Waals surface area contributed by atoms with Crippen LogP contribution in [-0.2, 0) is 26.0 Å². The first kappa shape index (κ1) is 27.2. The summed E-state index contributed by atoms with van der Waals surface area (Å²) < 4.78 is 43.8. The number of rotatable bonds is 11. The Balaban J connectivity index is 1.40. The number of benzene rings is 2. The molecule has 10 nitrogen and oxygen atoms in total. The molecule has 2 saturated heterocycles. The second-order valence-electron chi connectivity index (χ2n) is 9.05. The molecule has 0 unspecified atom stereocenters. The van der Waals surface area contributed by atoms with Crippen LogP contribution in [0.4, 0.5) is 11.4 Å². The highest BCUT2D eigenvalue weighted by molar-refractivity contribution is 7.89. The Morgan fingerprint density at radius 3 is 2.41 bits per heavy atom. The molecule has 2 aliphatic rings. The number of morpholine rings is 1. The van der Waals surface area contributed by atoms with Crippen molar-refractivity contribution in [2.24, 2.45) is 0 Å². The van der Waals surface area contributed by atoms with Gasteiger partial charge in [-0.2, -0.15) is 4.31 Å². The number of ether oxygens (including phenoxy) is 3. The van der Waals surface area contributed by atoms with E-state index in [4.69, 9.17) is 14.2 Å². The zero-order chi connectivity index (χ0) is 26.3. The number of hydrogen-bond acceptors (Lipinski definition) is 8. The summed E-state index contributed by atoms with van der Waals surface area (Å²) in [5.74, 6) is 1.11. The molecule has 0 aliphatic carbocycles. The van der Waals surface area contributed by atoms with E-state index in [-0.39, 0.29) is 17.3 Å². The highest BCUT2D eigenvalue weighted by Crippen LogP contribution is 2.32. The first-order valence-corrected chi connectivity index (χ1v) is 14.0. The quantitative estimate of drug-likeness (QED) is 0.424. The molecule has 2 aliphatic heterocycles. The SMILES string of the molecule is COc1ccc(CCNCC(=O)Nc2cc(S(=O)(=O)N3CCOCC3)ccc2N2CCCC2)cc1OC. The third kappa shape index (κ3) is 6.72. The predicted molar refractivity (Wildman–Crippen MR) is 142 cm³/mol. The van der Waals surface area contributed by atoms with Crippen molar-refractivity contribution < 1.29 is 27.4 Å². The van der Waals surface area contributed by atoms with Gasteiger partial charge in [0.1, 0.15) is 0 Å². The Labute approximate surface area is 218 Å². The van der Waals surface area contributed by atoms with E-state index in [0.29, 0.717) is 56.5 Å². The highest BCUT2D eigenvalue weighted by Gasteiger charge is 2.28. The van der Waals surface area contributed by atoms with E-state index < -0.39 is 10.0 Å². The van der Waals surface area contributed by atoms with Crippen molar-refractivity contribution in [2.45, 2.75) is 24.2 Å². The van der Waals surface area contributed by atoms with Gasteiger partial charge in [0.05, 0.1) is 50.2 Å². The van der Waals surface area contributed by atoms with E-state index in [9.17, 15) is 13.2 Å². The normalized spacial score (nSPS) is 16.5. The molecule has 0 atom stereocenters. The van der Waals surface area contributed by atoms with Crippen molar-refractivity contribution in [3.8, 4) is 11.5 Å². The Hall–Kier alpha value is -2.86. The maximum Gasteiger partial charge on any atom is 0.243 e. The topological polar surface area (TPSA) is 109 Å². The molecule has 0 saturated carbocycles. The Morgan fingerprint density at radius 2 is 1.70 bits per heavy atom. The van der Waals surface area contributed by atoms with E-state index >= 15 is 0 Å². The summed E-state index contributed by atoms with van der Waals surface area (Å²) in [4.78, 5) is 15.2. The number of anilines is 2. The second-order valence-corrected chi connectivity index (χ2v) is 11.0. The lowest BCUT2D eigenvalue weighted by atomic mass is 10.1. The third-order valence-electron chi connectivity index (χ3n) is 6.62. The van der Waals surface area contributed by atoms with Crippen LogP contribution < -0.4 is 25.0 Å². The summed E-state index contributed by atoms with van der Waals surface area (Å²) in [5, 5.41) is 6.12. The first-order valence-electron chi connectivity index (χ1n) is 12.6.